The molecule has 1 saturated carbocycles. The van der Waals surface area contributed by atoms with E-state index < -0.39 is 36.9 Å². The van der Waals surface area contributed by atoms with Gasteiger partial charge in [0.15, 0.2) is 6.10 Å². The summed E-state index contributed by atoms with van der Waals surface area (Å²) in [5.74, 6) is 0.565. The zero-order valence-electron chi connectivity index (χ0n) is 19.5. The van der Waals surface area contributed by atoms with Crippen LogP contribution in [-0.4, -0.2) is 87.7 Å². The number of carbonyl (C=O) groups excluding carboxylic acids is 1. The Morgan fingerprint density at radius 2 is 1.84 bits per heavy atom. The van der Waals surface area contributed by atoms with E-state index in [1.807, 2.05) is 27.7 Å². The van der Waals surface area contributed by atoms with Crippen LogP contribution in [0.4, 0.5) is 5.95 Å². The Bertz CT molecular complexity index is 801. The van der Waals surface area contributed by atoms with Gasteiger partial charge in [-0.3, -0.25) is 4.79 Å². The lowest BCUT2D eigenvalue weighted by molar-refractivity contribution is -0.143. The van der Waals surface area contributed by atoms with Crippen molar-refractivity contribution in [2.45, 2.75) is 76.7 Å². The monoisotopic (exact) mass is 446 g/mol. The Kier molecular flexibility index (Phi) is 6.51. The summed E-state index contributed by atoms with van der Waals surface area (Å²) in [6.45, 7) is 9.50. The van der Waals surface area contributed by atoms with Gasteiger partial charge in [0.05, 0.1) is 17.8 Å². The summed E-state index contributed by atoms with van der Waals surface area (Å²) in [6.07, 6.45) is 6.35. The number of anilines is 1. The number of nitrogens with zero attached hydrogens (tertiary/aromatic N) is 4. The third-order valence-corrected chi connectivity index (χ3v) is 7.17. The second kappa shape index (κ2) is 8.89. The molecule has 9 nitrogen and oxygen atoms in total. The minimum absolute atomic E-state index is 0.269. The fraction of sp³-hybridized carbons (Fsp3) is 0.773. The molecule has 3 fully saturated rings. The minimum atomic E-state index is -1.33. The summed E-state index contributed by atoms with van der Waals surface area (Å²) < 4.78 is 12.2. The number of amides is 1. The first-order valence-corrected chi connectivity index (χ1v) is 11.6. The average molecular weight is 446 g/mol. The van der Waals surface area contributed by atoms with Gasteiger partial charge in [-0.25, -0.2) is 9.97 Å². The normalized spacial score (nSPS) is 25.6. The maximum absolute atomic E-state index is 12.3. The Morgan fingerprint density at radius 3 is 2.41 bits per heavy atom. The summed E-state index contributed by atoms with van der Waals surface area (Å²) in [5, 5.41) is 18.8. The van der Waals surface area contributed by atoms with Gasteiger partial charge in [0, 0.05) is 43.5 Å². The first-order valence-electron chi connectivity index (χ1n) is 11.6. The topological polar surface area (TPSA) is 108 Å². The summed E-state index contributed by atoms with van der Waals surface area (Å²) in [5.41, 5.74) is -0.0234. The number of aliphatic hydroxyl groups excluding tert-OH is 2. The summed E-state index contributed by atoms with van der Waals surface area (Å²) >= 11 is 0. The van der Waals surface area contributed by atoms with Crippen molar-refractivity contribution >= 4 is 24.4 Å². The van der Waals surface area contributed by atoms with E-state index in [9.17, 15) is 9.90 Å². The quantitative estimate of drug-likeness (QED) is 0.578. The predicted octanol–water partition coefficient (Wildman–Crippen LogP) is 0.336. The highest BCUT2D eigenvalue weighted by molar-refractivity contribution is 6.61. The highest BCUT2D eigenvalue weighted by atomic mass is 16.7. The van der Waals surface area contributed by atoms with Crippen LogP contribution in [0.5, 0.6) is 0 Å². The molecule has 0 aromatic carbocycles. The fourth-order valence-electron chi connectivity index (χ4n) is 4.34. The molecule has 2 saturated heterocycles. The number of aliphatic hydroxyl groups is 2. The van der Waals surface area contributed by atoms with E-state index in [0.717, 1.165) is 37.7 Å². The zero-order chi connectivity index (χ0) is 23.1. The molecule has 3 heterocycles. The number of rotatable bonds is 7. The van der Waals surface area contributed by atoms with Crippen LogP contribution in [0.25, 0.3) is 0 Å². The lowest BCUT2D eigenvalue weighted by atomic mass is 9.81. The van der Waals surface area contributed by atoms with Gasteiger partial charge in [-0.2, -0.15) is 0 Å². The molecule has 32 heavy (non-hydrogen) atoms. The number of likely N-dealkylation sites (tertiary alicyclic amines) is 1. The Labute approximate surface area is 190 Å². The van der Waals surface area contributed by atoms with Crippen molar-refractivity contribution in [2.75, 3.05) is 31.1 Å². The van der Waals surface area contributed by atoms with E-state index in [-0.39, 0.29) is 5.92 Å². The van der Waals surface area contributed by atoms with Gasteiger partial charge in [0.2, 0.25) is 5.95 Å². The van der Waals surface area contributed by atoms with Crippen molar-refractivity contribution in [1.29, 1.82) is 0 Å². The molecule has 2 N–H and O–H groups in total. The molecule has 2 atom stereocenters. The van der Waals surface area contributed by atoms with Crippen LogP contribution >= 0.6 is 0 Å². The highest BCUT2D eigenvalue weighted by Gasteiger charge is 2.52. The van der Waals surface area contributed by atoms with Gasteiger partial charge in [0.25, 0.3) is 5.91 Å². The van der Waals surface area contributed by atoms with Gasteiger partial charge in [-0.05, 0) is 59.3 Å². The fourth-order valence-corrected chi connectivity index (χ4v) is 4.34. The zero-order valence-corrected chi connectivity index (χ0v) is 19.5. The molecule has 0 spiro atoms. The van der Waals surface area contributed by atoms with Gasteiger partial charge in [-0.15, -0.1) is 0 Å². The van der Waals surface area contributed by atoms with E-state index in [0.29, 0.717) is 25.1 Å². The second-order valence-corrected chi connectivity index (χ2v) is 10.3. The molecule has 0 radical (unpaired) electrons. The van der Waals surface area contributed by atoms with E-state index in [1.54, 1.807) is 17.3 Å². The third kappa shape index (κ3) is 4.78. The SMILES string of the molecule is CC1(C)OB(c2cnc(N(C[C@@H]3CCCN(C(=O)[C@H](O)CO)C3)C3CC3)nc2)OC1(C)C. The predicted molar refractivity (Wildman–Crippen MR) is 121 cm³/mol. The van der Waals surface area contributed by atoms with Crippen LogP contribution in [0.3, 0.4) is 0 Å². The maximum atomic E-state index is 12.3. The maximum Gasteiger partial charge on any atom is 0.498 e. The van der Waals surface area contributed by atoms with Crippen LogP contribution in [-0.2, 0) is 14.1 Å². The van der Waals surface area contributed by atoms with Gasteiger partial charge in [-0.1, -0.05) is 0 Å². The van der Waals surface area contributed by atoms with Gasteiger partial charge >= 0.3 is 7.12 Å². The van der Waals surface area contributed by atoms with Crippen LogP contribution < -0.4 is 10.4 Å². The molecule has 10 heteroatoms. The number of carbonyl (C=O) groups is 1. The molecule has 1 aromatic heterocycles. The average Bonchev–Trinajstić information content (AvgIpc) is 3.58. The van der Waals surface area contributed by atoms with Gasteiger partial charge in [0.1, 0.15) is 0 Å². The molecule has 1 aromatic rings. The Balaban J connectivity index is 1.42. The largest absolute Gasteiger partial charge is 0.498 e. The number of hydrogen-bond donors (Lipinski definition) is 2. The summed E-state index contributed by atoms with van der Waals surface area (Å²) in [4.78, 5) is 25.5. The lowest BCUT2D eigenvalue weighted by Crippen LogP contribution is -2.48. The van der Waals surface area contributed by atoms with Crippen LogP contribution in [0.2, 0.25) is 0 Å². The number of aromatic nitrogens is 2. The second-order valence-electron chi connectivity index (χ2n) is 10.3. The van der Waals surface area contributed by atoms with E-state index in [4.69, 9.17) is 14.4 Å². The first-order chi connectivity index (χ1) is 15.1. The first kappa shape index (κ1) is 23.4. The van der Waals surface area contributed by atoms with Crippen LogP contribution in [0.1, 0.15) is 53.4 Å². The summed E-state index contributed by atoms with van der Waals surface area (Å²) in [7, 11) is -0.487. The van der Waals surface area contributed by atoms with Crippen molar-refractivity contribution in [3.05, 3.63) is 12.4 Å². The molecule has 1 aliphatic carbocycles. The standard InChI is InChI=1S/C22H35BN4O5/c1-21(2)22(3,4)32-23(31-21)16-10-24-20(25-11-16)27(17-7-8-17)13-15-6-5-9-26(12-15)19(30)18(29)14-28/h10-11,15,17-18,28-29H,5-9,12-14H2,1-4H3/t15-,18-/m1/s1. The van der Waals surface area contributed by atoms with E-state index >= 15 is 0 Å². The molecule has 2 aliphatic heterocycles. The molecular weight excluding hydrogens is 411 g/mol. The van der Waals surface area contributed by atoms with Gasteiger partial charge < -0.3 is 29.3 Å². The third-order valence-electron chi connectivity index (χ3n) is 7.17. The molecule has 1 amide bonds. The number of hydrogen-bond acceptors (Lipinski definition) is 8. The highest BCUT2D eigenvalue weighted by Crippen LogP contribution is 2.36. The Hall–Kier alpha value is -1.75. The molecule has 4 rings (SSSR count). The van der Waals surface area contributed by atoms with Crippen molar-refractivity contribution < 1.29 is 24.3 Å². The van der Waals surface area contributed by atoms with Crippen LogP contribution in [0, 0.1) is 5.92 Å². The molecule has 0 bridgehead atoms. The van der Waals surface area contributed by atoms with Crippen LogP contribution in [0.15, 0.2) is 12.4 Å². The minimum Gasteiger partial charge on any atom is -0.399 e. The van der Waals surface area contributed by atoms with E-state index in [2.05, 4.69) is 14.9 Å². The molecule has 0 unspecified atom stereocenters. The smallest absolute Gasteiger partial charge is 0.399 e. The Morgan fingerprint density at radius 1 is 1.22 bits per heavy atom. The van der Waals surface area contributed by atoms with Crippen molar-refractivity contribution in [2.24, 2.45) is 5.92 Å². The summed E-state index contributed by atoms with van der Waals surface area (Å²) in [6, 6.07) is 0.423. The lowest BCUT2D eigenvalue weighted by Gasteiger charge is -2.36. The molecular formula is C22H35BN4O5. The number of piperidine rings is 1. The molecule has 3 aliphatic rings. The van der Waals surface area contributed by atoms with Crippen molar-refractivity contribution in [1.82, 2.24) is 14.9 Å². The van der Waals surface area contributed by atoms with E-state index in [1.165, 1.54) is 0 Å². The van der Waals surface area contributed by atoms with Crippen molar-refractivity contribution in [3.8, 4) is 0 Å². The van der Waals surface area contributed by atoms with Crippen molar-refractivity contribution in [3.63, 3.8) is 0 Å². The molecule has 176 valence electrons.